The van der Waals surface area contributed by atoms with Gasteiger partial charge in [0.1, 0.15) is 0 Å². The van der Waals surface area contributed by atoms with Crippen LogP contribution < -0.4 is 14.2 Å². The lowest BCUT2D eigenvalue weighted by molar-refractivity contribution is -0.276. The minimum atomic E-state index is -5.03. The van der Waals surface area contributed by atoms with Crippen LogP contribution in [0.2, 0.25) is 0 Å². The zero-order valence-electron chi connectivity index (χ0n) is 8.42. The predicted molar refractivity (Wildman–Crippen MR) is 46.3 cm³/mol. The van der Waals surface area contributed by atoms with Gasteiger partial charge in [0.25, 0.3) is 0 Å². The molecule has 0 saturated heterocycles. The summed E-state index contributed by atoms with van der Waals surface area (Å²) in [5.41, 5.74) is 0. The number of alkyl halides is 5. The zero-order chi connectivity index (χ0) is 13.1. The summed E-state index contributed by atoms with van der Waals surface area (Å²) in [6, 6.07) is 3.23. The Bertz CT molecular complexity index is 377. The minimum absolute atomic E-state index is 0.361. The lowest BCUT2D eigenvalue weighted by atomic mass is 10.3. The van der Waals surface area contributed by atoms with Crippen LogP contribution in [0.4, 0.5) is 22.0 Å². The Labute approximate surface area is 92.7 Å². The Morgan fingerprint density at radius 2 is 1.71 bits per heavy atom. The summed E-state index contributed by atoms with van der Waals surface area (Å²) in [4.78, 5) is 0. The molecule has 96 valence electrons. The van der Waals surface area contributed by atoms with Crippen LogP contribution in [-0.4, -0.2) is 20.1 Å². The molecular weight excluding hydrogens is 251 g/mol. The molecule has 0 aliphatic rings. The van der Waals surface area contributed by atoms with Crippen LogP contribution in [-0.2, 0) is 0 Å². The summed E-state index contributed by atoms with van der Waals surface area (Å²) in [5.74, 6) is -2.06. The molecule has 0 amide bonds. The Morgan fingerprint density at radius 3 is 2.18 bits per heavy atom. The van der Waals surface area contributed by atoms with Gasteiger partial charge in [0.05, 0.1) is 7.11 Å². The van der Waals surface area contributed by atoms with Crippen molar-refractivity contribution >= 4 is 0 Å². The highest BCUT2D eigenvalue weighted by atomic mass is 19.4. The van der Waals surface area contributed by atoms with Crippen molar-refractivity contribution in [2.45, 2.75) is 13.0 Å². The van der Waals surface area contributed by atoms with Crippen molar-refractivity contribution < 1.29 is 36.2 Å². The summed E-state index contributed by atoms with van der Waals surface area (Å²) < 4.78 is 72.1. The molecule has 1 aromatic carbocycles. The summed E-state index contributed by atoms with van der Waals surface area (Å²) >= 11 is 0. The average molecular weight is 258 g/mol. The van der Waals surface area contributed by atoms with Gasteiger partial charge in [-0.25, -0.2) is 0 Å². The number of rotatable bonds is 4. The molecule has 0 N–H and O–H groups in total. The van der Waals surface area contributed by atoms with E-state index in [-0.39, 0.29) is 5.75 Å². The van der Waals surface area contributed by atoms with Crippen LogP contribution in [0.5, 0.6) is 17.2 Å². The Kier molecular flexibility index (Phi) is 3.97. The molecule has 0 fully saturated rings. The Morgan fingerprint density at radius 1 is 1.12 bits per heavy atom. The van der Waals surface area contributed by atoms with E-state index in [1.54, 1.807) is 0 Å². The Balaban J connectivity index is 3.11. The standard InChI is InChI=1S/C9H7F5O3/c1-15-5-3-2-4-6(16-8(10)11)7(5)17-9(12,13)14/h2-4,8H,1H3. The van der Waals surface area contributed by atoms with E-state index in [1.165, 1.54) is 6.07 Å². The smallest absolute Gasteiger partial charge is 0.493 e. The van der Waals surface area contributed by atoms with Crippen molar-refractivity contribution in [3.63, 3.8) is 0 Å². The van der Waals surface area contributed by atoms with Crippen molar-refractivity contribution in [1.82, 2.24) is 0 Å². The van der Waals surface area contributed by atoms with E-state index in [0.717, 1.165) is 19.2 Å². The van der Waals surface area contributed by atoms with Gasteiger partial charge in [-0.1, -0.05) is 6.07 Å². The number of para-hydroxylation sites is 1. The van der Waals surface area contributed by atoms with Gasteiger partial charge < -0.3 is 14.2 Å². The third kappa shape index (κ3) is 3.97. The summed E-state index contributed by atoms with van der Waals surface area (Å²) in [7, 11) is 1.07. The van der Waals surface area contributed by atoms with Gasteiger partial charge >= 0.3 is 13.0 Å². The molecule has 1 aromatic rings. The third-order valence-corrected chi connectivity index (χ3v) is 1.60. The fourth-order valence-corrected chi connectivity index (χ4v) is 1.06. The first-order valence-corrected chi connectivity index (χ1v) is 4.21. The average Bonchev–Trinajstić information content (AvgIpc) is 2.17. The van der Waals surface area contributed by atoms with Crippen molar-refractivity contribution in [2.75, 3.05) is 7.11 Å². The van der Waals surface area contributed by atoms with E-state index >= 15 is 0 Å². The molecule has 17 heavy (non-hydrogen) atoms. The Hall–Kier alpha value is -1.73. The lowest BCUT2D eigenvalue weighted by Gasteiger charge is -2.16. The molecule has 3 nitrogen and oxygen atoms in total. The van der Waals surface area contributed by atoms with E-state index in [2.05, 4.69) is 14.2 Å². The topological polar surface area (TPSA) is 27.7 Å². The van der Waals surface area contributed by atoms with E-state index < -0.39 is 24.5 Å². The highest BCUT2D eigenvalue weighted by Crippen LogP contribution is 2.40. The lowest BCUT2D eigenvalue weighted by Crippen LogP contribution is -2.18. The molecule has 0 unspecified atom stereocenters. The van der Waals surface area contributed by atoms with Crippen LogP contribution >= 0.6 is 0 Å². The van der Waals surface area contributed by atoms with Crippen molar-refractivity contribution in [3.05, 3.63) is 18.2 Å². The molecule has 0 bridgehead atoms. The summed E-state index contributed by atoms with van der Waals surface area (Å²) in [5, 5.41) is 0. The highest BCUT2D eigenvalue weighted by Gasteiger charge is 2.34. The summed E-state index contributed by atoms with van der Waals surface area (Å²) in [6.07, 6.45) is -5.03. The van der Waals surface area contributed by atoms with Gasteiger partial charge in [-0.15, -0.1) is 13.2 Å². The third-order valence-electron chi connectivity index (χ3n) is 1.60. The van der Waals surface area contributed by atoms with E-state index in [4.69, 9.17) is 0 Å². The van der Waals surface area contributed by atoms with Gasteiger partial charge in [0.2, 0.25) is 5.75 Å². The fourth-order valence-electron chi connectivity index (χ4n) is 1.06. The van der Waals surface area contributed by atoms with Crippen LogP contribution in [0.1, 0.15) is 0 Å². The van der Waals surface area contributed by atoms with E-state index in [9.17, 15) is 22.0 Å². The van der Waals surface area contributed by atoms with Gasteiger partial charge in [0, 0.05) is 0 Å². The second kappa shape index (κ2) is 5.07. The SMILES string of the molecule is COc1cccc(OC(F)F)c1OC(F)(F)F. The van der Waals surface area contributed by atoms with Crippen LogP contribution in [0.15, 0.2) is 18.2 Å². The monoisotopic (exact) mass is 258 g/mol. The molecular formula is C9H7F5O3. The molecule has 0 atom stereocenters. The van der Waals surface area contributed by atoms with Crippen molar-refractivity contribution in [1.29, 1.82) is 0 Å². The largest absolute Gasteiger partial charge is 0.573 e. The maximum Gasteiger partial charge on any atom is 0.573 e. The number of benzene rings is 1. The van der Waals surface area contributed by atoms with Gasteiger partial charge in [-0.2, -0.15) is 8.78 Å². The molecule has 0 saturated carbocycles. The van der Waals surface area contributed by atoms with Crippen LogP contribution in [0.3, 0.4) is 0 Å². The molecule has 0 aromatic heterocycles. The number of hydrogen-bond donors (Lipinski definition) is 0. The van der Waals surface area contributed by atoms with Crippen LogP contribution in [0, 0.1) is 0 Å². The summed E-state index contributed by atoms with van der Waals surface area (Å²) in [6.45, 7) is -3.27. The normalized spacial score (nSPS) is 11.5. The second-order valence-electron chi connectivity index (χ2n) is 2.71. The van der Waals surface area contributed by atoms with Gasteiger partial charge in [-0.3, -0.25) is 0 Å². The van der Waals surface area contributed by atoms with Crippen LogP contribution in [0.25, 0.3) is 0 Å². The molecule has 0 heterocycles. The maximum absolute atomic E-state index is 12.1. The molecule has 0 aliphatic carbocycles. The van der Waals surface area contributed by atoms with E-state index in [0.29, 0.717) is 0 Å². The number of halogens is 5. The van der Waals surface area contributed by atoms with Crippen molar-refractivity contribution in [3.8, 4) is 17.2 Å². The van der Waals surface area contributed by atoms with Crippen molar-refractivity contribution in [2.24, 2.45) is 0 Å². The van der Waals surface area contributed by atoms with E-state index in [1.807, 2.05) is 0 Å². The van der Waals surface area contributed by atoms with Gasteiger partial charge in [-0.05, 0) is 12.1 Å². The van der Waals surface area contributed by atoms with Gasteiger partial charge in [0.15, 0.2) is 11.5 Å². The fraction of sp³-hybridized carbons (Fsp3) is 0.333. The first-order valence-electron chi connectivity index (χ1n) is 4.21. The molecule has 0 spiro atoms. The minimum Gasteiger partial charge on any atom is -0.493 e. The highest BCUT2D eigenvalue weighted by molar-refractivity contribution is 5.51. The zero-order valence-corrected chi connectivity index (χ0v) is 8.42. The first-order chi connectivity index (χ1) is 7.83. The molecule has 0 aliphatic heterocycles. The first kappa shape index (κ1) is 13.3. The molecule has 8 heteroatoms. The number of hydrogen-bond acceptors (Lipinski definition) is 3. The number of methoxy groups -OCH3 is 1. The quantitative estimate of drug-likeness (QED) is 0.776. The number of ether oxygens (including phenoxy) is 3. The maximum atomic E-state index is 12.1. The second-order valence-corrected chi connectivity index (χ2v) is 2.71. The molecule has 0 radical (unpaired) electrons. The predicted octanol–water partition coefficient (Wildman–Crippen LogP) is 3.20. The molecule has 1 rings (SSSR count).